The minimum absolute atomic E-state index is 0.00509. The maximum atomic E-state index is 14.0. The van der Waals surface area contributed by atoms with Crippen LogP contribution in [0, 0.1) is 5.82 Å². The van der Waals surface area contributed by atoms with Crippen molar-refractivity contribution in [1.29, 1.82) is 0 Å². The van der Waals surface area contributed by atoms with Crippen molar-refractivity contribution in [1.82, 2.24) is 4.90 Å². The number of nitrogens with zero attached hydrogens (tertiary/aromatic N) is 3. The van der Waals surface area contributed by atoms with Crippen LogP contribution in [0.2, 0.25) is 0 Å². The fourth-order valence-electron chi connectivity index (χ4n) is 4.64. The number of hydrogen-bond donors (Lipinski definition) is 0. The van der Waals surface area contributed by atoms with Crippen molar-refractivity contribution >= 4 is 38.1 Å². The number of hydrogen-bond acceptors (Lipinski definition) is 4. The molecule has 0 saturated carbocycles. The lowest BCUT2D eigenvalue weighted by Crippen LogP contribution is -2.49. The fraction of sp³-hybridized carbons (Fsp3) is 0.292. The smallest absolute Gasteiger partial charge is 0.265 e. The van der Waals surface area contributed by atoms with E-state index in [2.05, 4.69) is 0 Å². The minimum atomic E-state index is -3.60. The molecule has 2 aliphatic heterocycles. The number of piperazine rings is 1. The number of carbonyl (C=O) groups is 1. The number of halogens is 1. The summed E-state index contributed by atoms with van der Waals surface area (Å²) in [5.41, 5.74) is 1.25. The van der Waals surface area contributed by atoms with Crippen LogP contribution in [0.1, 0.15) is 12.8 Å². The second-order valence-electron chi connectivity index (χ2n) is 8.13. The Labute approximate surface area is 186 Å². The van der Waals surface area contributed by atoms with Gasteiger partial charge in [0.15, 0.2) is 0 Å². The average molecular weight is 454 g/mol. The lowest BCUT2D eigenvalue weighted by Gasteiger charge is -2.36. The topological polar surface area (TPSA) is 60.9 Å². The van der Waals surface area contributed by atoms with E-state index in [1.165, 1.54) is 10.4 Å². The van der Waals surface area contributed by atoms with Crippen molar-refractivity contribution in [2.45, 2.75) is 17.7 Å². The van der Waals surface area contributed by atoms with Gasteiger partial charge in [-0.05, 0) is 36.1 Å². The Balaban J connectivity index is 1.19. The molecule has 3 aromatic carbocycles. The number of carbonyl (C=O) groups excluding carboxylic acids is 1. The number of anilines is 2. The second kappa shape index (κ2) is 8.09. The SMILES string of the molecule is O=C(CCCN1c2cccc3cccc(c23)S1(=O)=O)N1CCN(c2ccccc2F)CC1. The maximum Gasteiger partial charge on any atom is 0.265 e. The maximum absolute atomic E-state index is 14.0. The number of benzene rings is 3. The van der Waals surface area contributed by atoms with Crippen LogP contribution in [0.15, 0.2) is 65.6 Å². The molecular formula is C24H24FN3O3S. The molecule has 2 aliphatic rings. The molecule has 5 rings (SSSR count). The minimum Gasteiger partial charge on any atom is -0.366 e. The molecule has 0 aromatic heterocycles. The van der Waals surface area contributed by atoms with Crippen molar-refractivity contribution in [2.75, 3.05) is 41.9 Å². The first kappa shape index (κ1) is 20.8. The second-order valence-corrected chi connectivity index (χ2v) is 9.96. The van der Waals surface area contributed by atoms with Gasteiger partial charge in [0.25, 0.3) is 10.0 Å². The van der Waals surface area contributed by atoms with E-state index in [0.29, 0.717) is 48.9 Å². The zero-order valence-corrected chi connectivity index (χ0v) is 18.4. The molecule has 0 aliphatic carbocycles. The van der Waals surface area contributed by atoms with Crippen LogP contribution in [-0.4, -0.2) is 51.9 Å². The number of rotatable bonds is 5. The molecule has 6 nitrogen and oxygen atoms in total. The molecule has 2 heterocycles. The highest BCUT2D eigenvalue weighted by molar-refractivity contribution is 7.93. The normalized spacial score (nSPS) is 17.2. The summed E-state index contributed by atoms with van der Waals surface area (Å²) in [4.78, 5) is 16.8. The Morgan fingerprint density at radius 1 is 0.875 bits per heavy atom. The van der Waals surface area contributed by atoms with Gasteiger partial charge in [0.05, 0.1) is 16.3 Å². The van der Waals surface area contributed by atoms with Crippen LogP contribution in [-0.2, 0) is 14.8 Å². The summed E-state index contributed by atoms with van der Waals surface area (Å²) >= 11 is 0. The lowest BCUT2D eigenvalue weighted by atomic mass is 10.1. The highest BCUT2D eigenvalue weighted by Gasteiger charge is 2.35. The van der Waals surface area contributed by atoms with E-state index >= 15 is 0 Å². The standard InChI is InChI=1S/C24H24FN3O3S/c25-19-8-1-2-9-20(19)26-14-16-27(17-15-26)23(29)12-5-13-28-21-10-3-6-18-7-4-11-22(24(18)21)32(28,30)31/h1-4,6-11H,5,12-17H2. The molecule has 0 spiro atoms. The predicted octanol–water partition coefficient (Wildman–Crippen LogP) is 3.62. The van der Waals surface area contributed by atoms with E-state index in [0.717, 1.165) is 10.8 Å². The molecule has 1 saturated heterocycles. The highest BCUT2D eigenvalue weighted by Crippen LogP contribution is 2.42. The zero-order chi connectivity index (χ0) is 22.3. The first-order valence-corrected chi connectivity index (χ1v) is 12.2. The fourth-order valence-corrected chi connectivity index (χ4v) is 6.38. The highest BCUT2D eigenvalue weighted by atomic mass is 32.2. The molecule has 3 aromatic rings. The van der Waals surface area contributed by atoms with Gasteiger partial charge in [-0.3, -0.25) is 9.10 Å². The first-order valence-electron chi connectivity index (χ1n) is 10.8. The van der Waals surface area contributed by atoms with Gasteiger partial charge in [-0.2, -0.15) is 0 Å². The van der Waals surface area contributed by atoms with Crippen molar-refractivity contribution in [2.24, 2.45) is 0 Å². The van der Waals surface area contributed by atoms with Gasteiger partial charge >= 0.3 is 0 Å². The summed E-state index contributed by atoms with van der Waals surface area (Å²) in [7, 11) is -3.60. The van der Waals surface area contributed by atoms with Crippen molar-refractivity contribution in [3.63, 3.8) is 0 Å². The van der Waals surface area contributed by atoms with Gasteiger partial charge in [0, 0.05) is 44.5 Å². The third kappa shape index (κ3) is 3.48. The van der Waals surface area contributed by atoms with E-state index in [4.69, 9.17) is 0 Å². The van der Waals surface area contributed by atoms with Gasteiger partial charge in [-0.15, -0.1) is 0 Å². The molecule has 32 heavy (non-hydrogen) atoms. The lowest BCUT2D eigenvalue weighted by molar-refractivity contribution is -0.131. The molecular weight excluding hydrogens is 429 g/mol. The Kier molecular flexibility index (Phi) is 5.25. The number of sulfonamides is 1. The predicted molar refractivity (Wildman–Crippen MR) is 123 cm³/mol. The molecule has 1 fully saturated rings. The summed E-state index contributed by atoms with van der Waals surface area (Å²) in [6.45, 7) is 2.46. The van der Waals surface area contributed by atoms with Gasteiger partial charge in [-0.1, -0.05) is 36.4 Å². The molecule has 0 unspecified atom stereocenters. The van der Waals surface area contributed by atoms with Crippen molar-refractivity contribution in [3.8, 4) is 0 Å². The molecule has 0 N–H and O–H groups in total. The third-order valence-corrected chi connectivity index (χ3v) is 8.11. The first-order chi connectivity index (χ1) is 15.5. The summed E-state index contributed by atoms with van der Waals surface area (Å²) in [6.07, 6.45) is 0.716. The molecule has 0 radical (unpaired) electrons. The molecule has 1 amide bonds. The quantitative estimate of drug-likeness (QED) is 0.592. The van der Waals surface area contributed by atoms with Crippen molar-refractivity contribution < 1.29 is 17.6 Å². The van der Waals surface area contributed by atoms with Crippen LogP contribution in [0.5, 0.6) is 0 Å². The molecule has 0 bridgehead atoms. The van der Waals surface area contributed by atoms with Gasteiger partial charge < -0.3 is 9.80 Å². The van der Waals surface area contributed by atoms with E-state index < -0.39 is 10.0 Å². The van der Waals surface area contributed by atoms with E-state index in [1.807, 2.05) is 29.2 Å². The Bertz CT molecular complexity index is 1280. The molecule has 166 valence electrons. The molecule has 0 atom stereocenters. The summed E-state index contributed by atoms with van der Waals surface area (Å²) in [6, 6.07) is 17.6. The van der Waals surface area contributed by atoms with Crippen LogP contribution in [0.25, 0.3) is 10.8 Å². The van der Waals surface area contributed by atoms with E-state index in [-0.39, 0.29) is 24.7 Å². The van der Waals surface area contributed by atoms with Gasteiger partial charge in [-0.25, -0.2) is 12.8 Å². The largest absolute Gasteiger partial charge is 0.366 e. The van der Waals surface area contributed by atoms with Crippen LogP contribution >= 0.6 is 0 Å². The monoisotopic (exact) mass is 453 g/mol. The number of para-hydroxylation sites is 1. The van der Waals surface area contributed by atoms with E-state index in [1.54, 1.807) is 35.2 Å². The summed E-state index contributed by atoms with van der Waals surface area (Å²) in [5.74, 6) is -0.249. The summed E-state index contributed by atoms with van der Waals surface area (Å²) in [5, 5.41) is 1.65. The molecule has 8 heteroatoms. The Morgan fingerprint density at radius 3 is 2.31 bits per heavy atom. The zero-order valence-electron chi connectivity index (χ0n) is 17.6. The Hall–Kier alpha value is -3.13. The van der Waals surface area contributed by atoms with Crippen LogP contribution < -0.4 is 9.21 Å². The number of amides is 1. The third-order valence-electron chi connectivity index (χ3n) is 6.26. The summed E-state index contributed by atoms with van der Waals surface area (Å²) < 4.78 is 41.5. The van der Waals surface area contributed by atoms with Gasteiger partial charge in [0.2, 0.25) is 5.91 Å². The van der Waals surface area contributed by atoms with Crippen LogP contribution in [0.4, 0.5) is 15.8 Å². The van der Waals surface area contributed by atoms with E-state index in [9.17, 15) is 17.6 Å². The van der Waals surface area contributed by atoms with Crippen molar-refractivity contribution in [3.05, 3.63) is 66.5 Å². The average Bonchev–Trinajstić information content (AvgIpc) is 3.03. The van der Waals surface area contributed by atoms with Gasteiger partial charge in [0.1, 0.15) is 5.82 Å². The van der Waals surface area contributed by atoms with Crippen LogP contribution in [0.3, 0.4) is 0 Å². The Morgan fingerprint density at radius 2 is 1.56 bits per heavy atom.